The SMILES string of the molecule is COCC(C)[NH2+]Cc1ccc(OC)c(OC)c1. The Hall–Kier alpha value is -1.26. The quantitative estimate of drug-likeness (QED) is 0.767. The lowest BCUT2D eigenvalue weighted by molar-refractivity contribution is -0.702. The number of hydrogen-bond donors (Lipinski definition) is 1. The summed E-state index contributed by atoms with van der Waals surface area (Å²) in [7, 11) is 5.02. The highest BCUT2D eigenvalue weighted by Gasteiger charge is 2.08. The molecule has 1 aromatic carbocycles. The first-order valence-electron chi connectivity index (χ1n) is 5.74. The third kappa shape index (κ3) is 4.24. The smallest absolute Gasteiger partial charge is 0.161 e. The van der Waals surface area contributed by atoms with Gasteiger partial charge in [0.1, 0.15) is 12.6 Å². The van der Waals surface area contributed by atoms with Gasteiger partial charge in [-0.2, -0.15) is 0 Å². The van der Waals surface area contributed by atoms with Gasteiger partial charge in [0, 0.05) is 12.7 Å². The van der Waals surface area contributed by atoms with Crippen LogP contribution in [-0.4, -0.2) is 34.0 Å². The van der Waals surface area contributed by atoms with Gasteiger partial charge in [-0.3, -0.25) is 0 Å². The van der Waals surface area contributed by atoms with E-state index in [2.05, 4.69) is 18.3 Å². The molecule has 4 heteroatoms. The van der Waals surface area contributed by atoms with Gasteiger partial charge in [-0.05, 0) is 25.1 Å². The lowest BCUT2D eigenvalue weighted by Crippen LogP contribution is -2.88. The molecule has 0 bridgehead atoms. The van der Waals surface area contributed by atoms with Crippen LogP contribution in [0.25, 0.3) is 0 Å². The molecule has 2 N–H and O–H groups in total. The summed E-state index contributed by atoms with van der Waals surface area (Å²) in [5, 5.41) is 2.24. The molecule has 17 heavy (non-hydrogen) atoms. The van der Waals surface area contributed by atoms with Gasteiger partial charge in [-0.1, -0.05) is 0 Å². The van der Waals surface area contributed by atoms with Gasteiger partial charge in [0.05, 0.1) is 20.8 Å². The minimum Gasteiger partial charge on any atom is -0.493 e. The zero-order chi connectivity index (χ0) is 12.7. The van der Waals surface area contributed by atoms with E-state index >= 15 is 0 Å². The molecule has 1 aromatic rings. The van der Waals surface area contributed by atoms with Crippen molar-refractivity contribution in [3.8, 4) is 11.5 Å². The zero-order valence-electron chi connectivity index (χ0n) is 11.0. The predicted octanol–water partition coefficient (Wildman–Crippen LogP) is 0.802. The summed E-state index contributed by atoms with van der Waals surface area (Å²) in [6.45, 7) is 3.81. The summed E-state index contributed by atoms with van der Waals surface area (Å²) < 4.78 is 15.6. The van der Waals surface area contributed by atoms with Crippen LogP contribution in [0.15, 0.2) is 18.2 Å². The van der Waals surface area contributed by atoms with Gasteiger partial charge >= 0.3 is 0 Å². The van der Waals surface area contributed by atoms with Crippen molar-refractivity contribution in [1.29, 1.82) is 0 Å². The fraction of sp³-hybridized carbons (Fsp3) is 0.538. The molecule has 0 saturated carbocycles. The highest BCUT2D eigenvalue weighted by Crippen LogP contribution is 2.27. The second-order valence-corrected chi connectivity index (χ2v) is 4.06. The molecule has 1 rings (SSSR count). The van der Waals surface area contributed by atoms with Crippen LogP contribution in [0.5, 0.6) is 11.5 Å². The highest BCUT2D eigenvalue weighted by atomic mass is 16.5. The standard InChI is InChI=1S/C13H21NO3/c1-10(9-15-2)14-8-11-5-6-12(16-3)13(7-11)17-4/h5-7,10,14H,8-9H2,1-4H3/p+1. The van der Waals surface area contributed by atoms with Crippen molar-refractivity contribution in [3.63, 3.8) is 0 Å². The van der Waals surface area contributed by atoms with E-state index in [0.717, 1.165) is 24.7 Å². The number of benzene rings is 1. The van der Waals surface area contributed by atoms with Crippen molar-refractivity contribution in [3.05, 3.63) is 23.8 Å². The first-order valence-corrected chi connectivity index (χ1v) is 5.74. The summed E-state index contributed by atoms with van der Waals surface area (Å²) in [6, 6.07) is 6.45. The summed E-state index contributed by atoms with van der Waals surface area (Å²) in [5.41, 5.74) is 1.21. The van der Waals surface area contributed by atoms with Crippen molar-refractivity contribution in [2.24, 2.45) is 0 Å². The molecule has 0 aliphatic heterocycles. The number of methoxy groups -OCH3 is 3. The van der Waals surface area contributed by atoms with Gasteiger partial charge in [0.15, 0.2) is 11.5 Å². The number of hydrogen-bond acceptors (Lipinski definition) is 3. The average molecular weight is 240 g/mol. The third-order valence-electron chi connectivity index (χ3n) is 2.63. The maximum Gasteiger partial charge on any atom is 0.161 e. The van der Waals surface area contributed by atoms with E-state index in [1.165, 1.54) is 5.56 Å². The predicted molar refractivity (Wildman–Crippen MR) is 66.5 cm³/mol. The van der Waals surface area contributed by atoms with Crippen LogP contribution in [-0.2, 0) is 11.3 Å². The third-order valence-corrected chi connectivity index (χ3v) is 2.63. The second kappa shape index (κ2) is 7.14. The summed E-state index contributed by atoms with van der Waals surface area (Å²) in [4.78, 5) is 0. The number of nitrogens with two attached hydrogens (primary N) is 1. The first kappa shape index (κ1) is 13.8. The van der Waals surface area contributed by atoms with Crippen LogP contribution in [0.2, 0.25) is 0 Å². The molecule has 0 aliphatic rings. The van der Waals surface area contributed by atoms with E-state index in [1.54, 1.807) is 21.3 Å². The van der Waals surface area contributed by atoms with Crippen molar-refractivity contribution < 1.29 is 19.5 Å². The molecule has 1 unspecified atom stereocenters. The maximum absolute atomic E-state index is 5.27. The van der Waals surface area contributed by atoms with Gasteiger partial charge in [-0.15, -0.1) is 0 Å². The van der Waals surface area contributed by atoms with Crippen molar-refractivity contribution in [2.75, 3.05) is 27.9 Å². The number of rotatable bonds is 7. The van der Waals surface area contributed by atoms with Crippen molar-refractivity contribution in [2.45, 2.75) is 19.5 Å². The zero-order valence-corrected chi connectivity index (χ0v) is 11.0. The highest BCUT2D eigenvalue weighted by molar-refractivity contribution is 5.42. The number of ether oxygens (including phenoxy) is 3. The first-order chi connectivity index (χ1) is 8.21. The molecule has 0 aromatic heterocycles. The largest absolute Gasteiger partial charge is 0.493 e. The Morgan fingerprint density at radius 3 is 2.41 bits per heavy atom. The van der Waals surface area contributed by atoms with E-state index in [9.17, 15) is 0 Å². The van der Waals surface area contributed by atoms with E-state index in [-0.39, 0.29) is 0 Å². The van der Waals surface area contributed by atoms with E-state index < -0.39 is 0 Å². The van der Waals surface area contributed by atoms with E-state index in [0.29, 0.717) is 6.04 Å². The topological polar surface area (TPSA) is 44.3 Å². The van der Waals surface area contributed by atoms with Crippen LogP contribution in [0.4, 0.5) is 0 Å². The molecule has 0 saturated heterocycles. The lowest BCUT2D eigenvalue weighted by Gasteiger charge is -2.11. The molecule has 0 heterocycles. The van der Waals surface area contributed by atoms with Crippen molar-refractivity contribution in [1.82, 2.24) is 0 Å². The summed E-state index contributed by atoms with van der Waals surface area (Å²) in [6.07, 6.45) is 0. The second-order valence-electron chi connectivity index (χ2n) is 4.06. The molecule has 0 spiro atoms. The molecular formula is C13H22NO3+. The Kier molecular flexibility index (Phi) is 5.80. The lowest BCUT2D eigenvalue weighted by atomic mass is 10.2. The minimum absolute atomic E-state index is 0.452. The van der Waals surface area contributed by atoms with Gasteiger partial charge in [0.25, 0.3) is 0 Å². The Labute approximate surface area is 103 Å². The summed E-state index contributed by atoms with van der Waals surface area (Å²) in [5.74, 6) is 1.54. The Morgan fingerprint density at radius 1 is 1.12 bits per heavy atom. The van der Waals surface area contributed by atoms with E-state index in [1.807, 2.05) is 12.1 Å². The minimum atomic E-state index is 0.452. The molecule has 96 valence electrons. The van der Waals surface area contributed by atoms with Crippen LogP contribution in [0.3, 0.4) is 0 Å². The summed E-state index contributed by atoms with van der Waals surface area (Å²) >= 11 is 0. The molecule has 0 aliphatic carbocycles. The molecule has 0 fully saturated rings. The van der Waals surface area contributed by atoms with Gasteiger partial charge < -0.3 is 19.5 Å². The Balaban J connectivity index is 2.60. The van der Waals surface area contributed by atoms with Crippen LogP contribution < -0.4 is 14.8 Å². The van der Waals surface area contributed by atoms with Gasteiger partial charge in [-0.25, -0.2) is 0 Å². The van der Waals surface area contributed by atoms with Gasteiger partial charge in [0.2, 0.25) is 0 Å². The molecule has 4 nitrogen and oxygen atoms in total. The van der Waals surface area contributed by atoms with Crippen LogP contribution in [0, 0.1) is 0 Å². The molecule has 1 atom stereocenters. The number of quaternary nitrogens is 1. The average Bonchev–Trinajstić information content (AvgIpc) is 2.36. The molecule has 0 radical (unpaired) electrons. The Bertz CT molecular complexity index is 341. The van der Waals surface area contributed by atoms with Crippen LogP contribution in [0.1, 0.15) is 12.5 Å². The van der Waals surface area contributed by atoms with Crippen molar-refractivity contribution >= 4 is 0 Å². The fourth-order valence-electron chi connectivity index (χ4n) is 1.68. The molecular weight excluding hydrogens is 218 g/mol. The Morgan fingerprint density at radius 2 is 1.82 bits per heavy atom. The van der Waals surface area contributed by atoms with Crippen LogP contribution >= 0.6 is 0 Å². The molecule has 0 amide bonds. The van der Waals surface area contributed by atoms with E-state index in [4.69, 9.17) is 14.2 Å². The normalized spacial score (nSPS) is 12.2. The maximum atomic E-state index is 5.27. The monoisotopic (exact) mass is 240 g/mol. The fourth-order valence-corrected chi connectivity index (χ4v) is 1.68.